The van der Waals surface area contributed by atoms with Crippen LogP contribution in [0.4, 0.5) is 0 Å². The Bertz CT molecular complexity index is 1090. The van der Waals surface area contributed by atoms with E-state index < -0.39 is 0 Å². The second-order valence-electron chi connectivity index (χ2n) is 10.1. The molecule has 0 heterocycles. The van der Waals surface area contributed by atoms with Crippen LogP contribution in [0.3, 0.4) is 0 Å². The molecule has 0 amide bonds. The fourth-order valence-corrected chi connectivity index (χ4v) is 8.29. The van der Waals surface area contributed by atoms with Gasteiger partial charge in [-0.1, -0.05) is 72.3 Å². The molecule has 0 N–H and O–H groups in total. The lowest BCUT2D eigenvalue weighted by atomic mass is 9.31. The van der Waals surface area contributed by atoms with Crippen molar-refractivity contribution >= 4 is 11.6 Å². The summed E-state index contributed by atoms with van der Waals surface area (Å²) in [6.07, 6.45) is 7.55. The van der Waals surface area contributed by atoms with E-state index in [2.05, 4.69) is 60.7 Å². The molecule has 1 spiro atoms. The molecule has 144 valence electrons. The zero-order valence-corrected chi connectivity index (χ0v) is 17.3. The normalized spacial score (nSPS) is 35.7. The standard InChI is InChI=1S/C28H25Cl/c29-26-11-7-22(8-12-26)20-3-1-19(2-4-20)21-5-9-23(10-6-21)27-15-18-13-24-14-25(17-27)28(24,27)16-18/h1-12,18,24-25H,13-17H2. The molecular weight excluding hydrogens is 372 g/mol. The molecule has 7 rings (SSSR count). The van der Waals surface area contributed by atoms with Gasteiger partial charge in [0.1, 0.15) is 0 Å². The lowest BCUT2D eigenvalue weighted by molar-refractivity contribution is -0.198. The van der Waals surface area contributed by atoms with Crippen LogP contribution < -0.4 is 0 Å². The summed E-state index contributed by atoms with van der Waals surface area (Å²) in [6, 6.07) is 26.7. The third-order valence-electron chi connectivity index (χ3n) is 9.23. The number of benzene rings is 3. The highest BCUT2D eigenvalue weighted by Gasteiger charge is 2.80. The highest BCUT2D eigenvalue weighted by Crippen LogP contribution is 2.86. The van der Waals surface area contributed by atoms with Crippen molar-refractivity contribution in [2.24, 2.45) is 23.2 Å². The van der Waals surface area contributed by atoms with Gasteiger partial charge < -0.3 is 0 Å². The first-order chi connectivity index (χ1) is 14.2. The summed E-state index contributed by atoms with van der Waals surface area (Å²) in [5, 5.41) is 0.783. The Morgan fingerprint density at radius 1 is 0.586 bits per heavy atom. The zero-order valence-electron chi connectivity index (χ0n) is 16.6. The van der Waals surface area contributed by atoms with E-state index in [0.717, 1.165) is 28.2 Å². The highest BCUT2D eigenvalue weighted by atomic mass is 35.5. The maximum absolute atomic E-state index is 6.02. The van der Waals surface area contributed by atoms with E-state index in [1.807, 2.05) is 12.1 Å². The second-order valence-corrected chi connectivity index (χ2v) is 10.6. The smallest absolute Gasteiger partial charge is 0.0406 e. The van der Waals surface area contributed by atoms with Gasteiger partial charge in [0, 0.05) is 10.4 Å². The molecule has 1 heteroatoms. The van der Waals surface area contributed by atoms with E-state index >= 15 is 0 Å². The maximum Gasteiger partial charge on any atom is 0.0406 e. The van der Waals surface area contributed by atoms with Gasteiger partial charge in [-0.2, -0.15) is 0 Å². The van der Waals surface area contributed by atoms with Crippen LogP contribution in [0.2, 0.25) is 5.02 Å². The van der Waals surface area contributed by atoms with Gasteiger partial charge in [-0.3, -0.25) is 0 Å². The molecule has 0 aromatic heterocycles. The Morgan fingerprint density at radius 2 is 1.14 bits per heavy atom. The van der Waals surface area contributed by atoms with Crippen LogP contribution in [0.5, 0.6) is 0 Å². The van der Waals surface area contributed by atoms with Crippen LogP contribution in [-0.4, -0.2) is 0 Å². The van der Waals surface area contributed by atoms with E-state index in [1.54, 1.807) is 5.56 Å². The van der Waals surface area contributed by atoms with Crippen LogP contribution in [0.1, 0.15) is 37.7 Å². The predicted molar refractivity (Wildman–Crippen MR) is 120 cm³/mol. The van der Waals surface area contributed by atoms with Crippen molar-refractivity contribution in [3.8, 4) is 22.3 Å². The minimum Gasteiger partial charge on any atom is -0.0843 e. The van der Waals surface area contributed by atoms with Gasteiger partial charge in [0.05, 0.1) is 0 Å². The SMILES string of the molecule is Clc1ccc(-c2ccc(-c3ccc(C45CC6CC7CC(C4)C75C6)cc3)cc2)cc1. The fourth-order valence-electron chi connectivity index (χ4n) is 8.17. The van der Waals surface area contributed by atoms with Gasteiger partial charge in [0.25, 0.3) is 0 Å². The van der Waals surface area contributed by atoms with Crippen LogP contribution >= 0.6 is 11.6 Å². The van der Waals surface area contributed by atoms with Crippen molar-refractivity contribution in [3.05, 3.63) is 83.4 Å². The van der Waals surface area contributed by atoms with E-state index in [0.29, 0.717) is 5.41 Å². The van der Waals surface area contributed by atoms with Gasteiger partial charge >= 0.3 is 0 Å². The molecule has 3 aromatic carbocycles. The molecule has 29 heavy (non-hydrogen) atoms. The van der Waals surface area contributed by atoms with E-state index in [4.69, 9.17) is 11.6 Å². The first-order valence-corrected chi connectivity index (χ1v) is 11.5. The third kappa shape index (κ3) is 2.01. The Kier molecular flexibility index (Phi) is 3.20. The molecule has 0 saturated heterocycles. The van der Waals surface area contributed by atoms with Gasteiger partial charge in [-0.25, -0.2) is 0 Å². The van der Waals surface area contributed by atoms with Crippen LogP contribution in [0.25, 0.3) is 22.3 Å². The van der Waals surface area contributed by atoms with Gasteiger partial charge in [-0.15, -0.1) is 0 Å². The predicted octanol–water partition coefficient (Wildman–Crippen LogP) is 7.75. The van der Waals surface area contributed by atoms with Crippen LogP contribution in [0, 0.1) is 23.2 Å². The van der Waals surface area contributed by atoms with Crippen molar-refractivity contribution in [2.75, 3.05) is 0 Å². The zero-order chi connectivity index (χ0) is 19.2. The summed E-state index contributed by atoms with van der Waals surface area (Å²) in [7, 11) is 0. The lowest BCUT2D eigenvalue weighted by Gasteiger charge is -2.73. The minimum atomic E-state index is 0.542. The molecule has 4 aliphatic rings. The molecule has 2 bridgehead atoms. The second kappa shape index (κ2) is 5.55. The van der Waals surface area contributed by atoms with Gasteiger partial charge in [-0.05, 0) is 95.2 Å². The lowest BCUT2D eigenvalue weighted by Crippen LogP contribution is -2.68. The van der Waals surface area contributed by atoms with Crippen LogP contribution in [-0.2, 0) is 5.41 Å². The van der Waals surface area contributed by atoms with Crippen molar-refractivity contribution in [2.45, 2.75) is 37.5 Å². The summed E-state index contributed by atoms with van der Waals surface area (Å²) < 4.78 is 0. The highest BCUT2D eigenvalue weighted by molar-refractivity contribution is 6.30. The largest absolute Gasteiger partial charge is 0.0843 e. The number of fused-ring (bicyclic) bond motifs is 1. The van der Waals surface area contributed by atoms with E-state index in [-0.39, 0.29) is 0 Å². The molecule has 5 unspecified atom stereocenters. The number of hydrogen-bond donors (Lipinski definition) is 0. The molecule has 0 aliphatic heterocycles. The van der Waals surface area contributed by atoms with Gasteiger partial charge in [0.2, 0.25) is 0 Å². The summed E-state index contributed by atoms with van der Waals surface area (Å²) in [5.74, 6) is 3.13. The maximum atomic E-state index is 6.02. The molecule has 4 saturated carbocycles. The fraction of sp³-hybridized carbons (Fsp3) is 0.357. The Hall–Kier alpha value is -2.05. The van der Waals surface area contributed by atoms with Crippen molar-refractivity contribution in [3.63, 3.8) is 0 Å². The summed E-state index contributed by atoms with van der Waals surface area (Å²) >= 11 is 6.02. The first kappa shape index (κ1) is 16.7. The average Bonchev–Trinajstić information content (AvgIpc) is 3.24. The molecule has 5 atom stereocenters. The Labute approximate surface area is 177 Å². The number of halogens is 1. The van der Waals surface area contributed by atoms with Crippen molar-refractivity contribution < 1.29 is 0 Å². The minimum absolute atomic E-state index is 0.542. The monoisotopic (exact) mass is 396 g/mol. The number of rotatable bonds is 3. The third-order valence-corrected chi connectivity index (χ3v) is 9.48. The van der Waals surface area contributed by atoms with Crippen LogP contribution in [0.15, 0.2) is 72.8 Å². The molecule has 3 aromatic rings. The van der Waals surface area contributed by atoms with Crippen molar-refractivity contribution in [1.82, 2.24) is 0 Å². The summed E-state index contributed by atoms with van der Waals surface area (Å²) in [5.41, 5.74) is 7.97. The molecule has 0 radical (unpaired) electrons. The van der Waals surface area contributed by atoms with Gasteiger partial charge in [0.15, 0.2) is 0 Å². The van der Waals surface area contributed by atoms with E-state index in [9.17, 15) is 0 Å². The summed E-state index contributed by atoms with van der Waals surface area (Å²) in [4.78, 5) is 0. The summed E-state index contributed by atoms with van der Waals surface area (Å²) in [6.45, 7) is 0. The number of hydrogen-bond acceptors (Lipinski definition) is 0. The molecule has 0 nitrogen and oxygen atoms in total. The van der Waals surface area contributed by atoms with E-state index in [1.165, 1.54) is 54.4 Å². The first-order valence-electron chi connectivity index (χ1n) is 11.1. The molecule has 4 fully saturated rings. The Morgan fingerprint density at radius 3 is 1.69 bits per heavy atom. The quantitative estimate of drug-likeness (QED) is 0.424. The Balaban J connectivity index is 1.17. The average molecular weight is 397 g/mol. The molecular formula is C28H25Cl. The van der Waals surface area contributed by atoms with Crippen molar-refractivity contribution in [1.29, 1.82) is 0 Å². The molecule has 4 aliphatic carbocycles. The topological polar surface area (TPSA) is 0 Å².